The number of carbonyl (C=O) groups is 2. The molecule has 1 aliphatic heterocycles. The first kappa shape index (κ1) is 16.0. The number of hydrogen-bond acceptors (Lipinski definition) is 4. The third-order valence-corrected chi connectivity index (χ3v) is 4.27. The van der Waals surface area contributed by atoms with Crippen molar-refractivity contribution in [3.05, 3.63) is 22.4 Å². The van der Waals surface area contributed by atoms with Gasteiger partial charge < -0.3 is 15.0 Å². The molecule has 0 saturated carbocycles. The van der Waals surface area contributed by atoms with Crippen LogP contribution in [0.15, 0.2) is 16.8 Å². The second kappa shape index (κ2) is 8.14. The van der Waals surface area contributed by atoms with Crippen molar-refractivity contribution in [3.8, 4) is 0 Å². The van der Waals surface area contributed by atoms with Gasteiger partial charge in [0, 0.05) is 37.0 Å². The number of nitrogens with zero attached hydrogens (tertiary/aromatic N) is 1. The van der Waals surface area contributed by atoms with Crippen LogP contribution in [0.5, 0.6) is 0 Å². The van der Waals surface area contributed by atoms with E-state index in [2.05, 4.69) is 12.2 Å². The minimum absolute atomic E-state index is 0.0684. The van der Waals surface area contributed by atoms with Gasteiger partial charge in [-0.2, -0.15) is 11.3 Å². The first-order valence-corrected chi connectivity index (χ1v) is 8.34. The zero-order chi connectivity index (χ0) is 15.1. The van der Waals surface area contributed by atoms with Crippen molar-refractivity contribution in [2.24, 2.45) is 0 Å². The van der Waals surface area contributed by atoms with E-state index in [0.717, 1.165) is 6.42 Å². The first-order chi connectivity index (χ1) is 10.2. The van der Waals surface area contributed by atoms with E-state index in [0.29, 0.717) is 44.6 Å². The van der Waals surface area contributed by atoms with Crippen molar-refractivity contribution in [2.75, 3.05) is 26.2 Å². The van der Waals surface area contributed by atoms with Crippen LogP contribution in [-0.4, -0.2) is 49.1 Å². The summed E-state index contributed by atoms with van der Waals surface area (Å²) in [5.41, 5.74) is 0.685. The van der Waals surface area contributed by atoms with Gasteiger partial charge in [0.25, 0.3) is 5.91 Å². The molecular weight excluding hydrogens is 288 g/mol. The highest BCUT2D eigenvalue weighted by atomic mass is 32.1. The molecule has 1 aliphatic rings. The van der Waals surface area contributed by atoms with Crippen LogP contribution in [0.4, 0.5) is 0 Å². The molecule has 0 bridgehead atoms. The lowest BCUT2D eigenvalue weighted by Crippen LogP contribution is -2.45. The summed E-state index contributed by atoms with van der Waals surface area (Å²) in [7, 11) is 0. The molecule has 1 saturated heterocycles. The summed E-state index contributed by atoms with van der Waals surface area (Å²) in [4.78, 5) is 25.7. The van der Waals surface area contributed by atoms with Crippen LogP contribution in [0.25, 0.3) is 0 Å². The summed E-state index contributed by atoms with van der Waals surface area (Å²) in [6.45, 7) is 4.59. The Morgan fingerprint density at radius 3 is 3.10 bits per heavy atom. The third-order valence-electron chi connectivity index (χ3n) is 3.58. The van der Waals surface area contributed by atoms with Crippen LogP contribution < -0.4 is 5.32 Å². The highest BCUT2D eigenvalue weighted by molar-refractivity contribution is 7.08. The van der Waals surface area contributed by atoms with Gasteiger partial charge in [0.1, 0.15) is 0 Å². The largest absolute Gasteiger partial charge is 0.375 e. The monoisotopic (exact) mass is 310 g/mol. The summed E-state index contributed by atoms with van der Waals surface area (Å²) >= 11 is 1.50. The molecule has 1 atom stereocenters. The predicted molar refractivity (Wildman–Crippen MR) is 82.5 cm³/mol. The van der Waals surface area contributed by atoms with Crippen molar-refractivity contribution < 1.29 is 14.3 Å². The van der Waals surface area contributed by atoms with Crippen molar-refractivity contribution in [3.63, 3.8) is 0 Å². The van der Waals surface area contributed by atoms with Crippen LogP contribution in [-0.2, 0) is 9.53 Å². The van der Waals surface area contributed by atoms with Crippen LogP contribution in [0.2, 0.25) is 0 Å². The molecule has 2 amide bonds. The zero-order valence-corrected chi connectivity index (χ0v) is 13.2. The second-order valence-corrected chi connectivity index (χ2v) is 5.89. The van der Waals surface area contributed by atoms with E-state index in [1.165, 1.54) is 11.3 Å². The average Bonchev–Trinajstić information content (AvgIpc) is 3.05. The molecule has 1 fully saturated rings. The molecule has 0 spiro atoms. The van der Waals surface area contributed by atoms with E-state index in [9.17, 15) is 9.59 Å². The fraction of sp³-hybridized carbons (Fsp3) is 0.600. The average molecular weight is 310 g/mol. The number of morpholine rings is 1. The highest BCUT2D eigenvalue weighted by Gasteiger charge is 2.22. The molecule has 6 heteroatoms. The van der Waals surface area contributed by atoms with E-state index >= 15 is 0 Å². The fourth-order valence-corrected chi connectivity index (χ4v) is 2.92. The molecule has 0 aromatic carbocycles. The molecule has 1 unspecified atom stereocenters. The lowest BCUT2D eigenvalue weighted by Gasteiger charge is -2.32. The maximum Gasteiger partial charge on any atom is 0.252 e. The van der Waals surface area contributed by atoms with E-state index in [4.69, 9.17) is 4.74 Å². The Balaban J connectivity index is 1.64. The Morgan fingerprint density at radius 1 is 1.52 bits per heavy atom. The predicted octanol–water partition coefficient (Wildman–Crippen LogP) is 1.90. The lowest BCUT2D eigenvalue weighted by atomic mass is 10.2. The van der Waals surface area contributed by atoms with E-state index < -0.39 is 0 Å². The Bertz CT molecular complexity index is 461. The van der Waals surface area contributed by atoms with Crippen LogP contribution in [0.1, 0.15) is 36.5 Å². The summed E-state index contributed by atoms with van der Waals surface area (Å²) < 4.78 is 5.56. The van der Waals surface area contributed by atoms with E-state index in [1.807, 2.05) is 15.7 Å². The number of carbonyl (C=O) groups excluding carboxylic acids is 2. The molecule has 2 heterocycles. The van der Waals surface area contributed by atoms with Gasteiger partial charge in [0.05, 0.1) is 12.7 Å². The summed E-state index contributed by atoms with van der Waals surface area (Å²) in [5, 5.41) is 6.53. The maximum absolute atomic E-state index is 12.1. The fourth-order valence-electron chi connectivity index (χ4n) is 2.29. The van der Waals surface area contributed by atoms with Gasteiger partial charge >= 0.3 is 0 Å². The molecule has 21 heavy (non-hydrogen) atoms. The van der Waals surface area contributed by atoms with Gasteiger partial charge in [-0.05, 0) is 24.3 Å². The molecule has 1 aromatic rings. The van der Waals surface area contributed by atoms with Crippen LogP contribution in [0.3, 0.4) is 0 Å². The van der Waals surface area contributed by atoms with Gasteiger partial charge in [-0.1, -0.05) is 6.92 Å². The Morgan fingerprint density at radius 2 is 2.38 bits per heavy atom. The first-order valence-electron chi connectivity index (χ1n) is 7.40. The number of thiophene rings is 1. The standard InChI is InChI=1S/C15H22N2O3S/c1-2-13-10-17(7-8-20-13)14(18)4-3-6-16-15(19)12-5-9-21-11-12/h5,9,11,13H,2-4,6-8,10H2,1H3,(H,16,19). The quantitative estimate of drug-likeness (QED) is 0.816. The normalized spacial score (nSPS) is 18.5. The molecule has 5 nitrogen and oxygen atoms in total. The summed E-state index contributed by atoms with van der Waals surface area (Å²) in [6.07, 6.45) is 2.24. The van der Waals surface area contributed by atoms with Gasteiger partial charge in [0.15, 0.2) is 0 Å². The number of nitrogens with one attached hydrogen (secondary N) is 1. The second-order valence-electron chi connectivity index (χ2n) is 5.11. The van der Waals surface area contributed by atoms with Gasteiger partial charge in [-0.25, -0.2) is 0 Å². The summed E-state index contributed by atoms with van der Waals surface area (Å²) in [6, 6.07) is 1.80. The molecule has 1 N–H and O–H groups in total. The Kier molecular flexibility index (Phi) is 6.20. The van der Waals surface area contributed by atoms with E-state index in [-0.39, 0.29) is 17.9 Å². The topological polar surface area (TPSA) is 58.6 Å². The van der Waals surface area contributed by atoms with Crippen LogP contribution >= 0.6 is 11.3 Å². The van der Waals surface area contributed by atoms with E-state index in [1.54, 1.807) is 6.07 Å². The van der Waals surface area contributed by atoms with Gasteiger partial charge in [0.2, 0.25) is 5.91 Å². The van der Waals surface area contributed by atoms with Crippen molar-refractivity contribution in [1.29, 1.82) is 0 Å². The highest BCUT2D eigenvalue weighted by Crippen LogP contribution is 2.10. The lowest BCUT2D eigenvalue weighted by molar-refractivity contribution is -0.138. The molecule has 2 rings (SSSR count). The summed E-state index contributed by atoms with van der Waals surface area (Å²) in [5.74, 6) is 0.0858. The van der Waals surface area contributed by atoms with Crippen molar-refractivity contribution in [1.82, 2.24) is 10.2 Å². The van der Waals surface area contributed by atoms with Crippen LogP contribution in [0, 0.1) is 0 Å². The van der Waals surface area contributed by atoms with Gasteiger partial charge in [-0.3, -0.25) is 9.59 Å². The maximum atomic E-state index is 12.1. The zero-order valence-electron chi connectivity index (χ0n) is 12.3. The third kappa shape index (κ3) is 4.82. The van der Waals surface area contributed by atoms with Crippen molar-refractivity contribution in [2.45, 2.75) is 32.3 Å². The number of amides is 2. The Hall–Kier alpha value is -1.40. The molecule has 0 aliphatic carbocycles. The number of ether oxygens (including phenoxy) is 1. The minimum Gasteiger partial charge on any atom is -0.375 e. The molecule has 0 radical (unpaired) electrons. The Labute approximate surface area is 129 Å². The van der Waals surface area contributed by atoms with Crippen molar-refractivity contribution >= 4 is 23.2 Å². The molecule has 116 valence electrons. The molecule has 1 aromatic heterocycles. The minimum atomic E-state index is -0.0684. The number of rotatable bonds is 6. The molecular formula is C15H22N2O3S. The SMILES string of the molecule is CCC1CN(C(=O)CCCNC(=O)c2ccsc2)CCO1. The smallest absolute Gasteiger partial charge is 0.252 e. The van der Waals surface area contributed by atoms with Gasteiger partial charge in [-0.15, -0.1) is 0 Å². The number of hydrogen-bond donors (Lipinski definition) is 1.